The third-order valence-corrected chi connectivity index (χ3v) is 3.13. The van der Waals surface area contributed by atoms with Crippen LogP contribution in [0, 0.1) is 5.92 Å². The summed E-state index contributed by atoms with van der Waals surface area (Å²) in [6, 6.07) is 9.87. The predicted octanol–water partition coefficient (Wildman–Crippen LogP) is 2.08. The minimum atomic E-state index is 0.385. The molecular formula is C14H21NO2. The molecule has 2 unspecified atom stereocenters. The molecule has 2 rings (SSSR count). The minimum Gasteiger partial charge on any atom is -0.491 e. The SMILES string of the molecule is CC1CNCCC1OCCOc1ccccc1. The highest BCUT2D eigenvalue weighted by Gasteiger charge is 2.21. The van der Waals surface area contributed by atoms with Crippen LogP contribution in [0.5, 0.6) is 5.75 Å². The van der Waals surface area contributed by atoms with Crippen LogP contribution in [0.15, 0.2) is 30.3 Å². The molecule has 2 atom stereocenters. The Kier molecular flexibility index (Phi) is 4.83. The first kappa shape index (κ1) is 12.4. The molecule has 3 heteroatoms. The number of hydrogen-bond acceptors (Lipinski definition) is 3. The van der Waals surface area contributed by atoms with Crippen LogP contribution in [0.1, 0.15) is 13.3 Å². The molecule has 1 saturated heterocycles. The molecule has 0 radical (unpaired) electrons. The standard InChI is InChI=1S/C14H21NO2/c1-12-11-15-8-7-14(12)17-10-9-16-13-5-3-2-4-6-13/h2-6,12,14-15H,7-11H2,1H3. The van der Waals surface area contributed by atoms with E-state index in [1.807, 2.05) is 30.3 Å². The molecule has 0 spiro atoms. The first-order valence-corrected chi connectivity index (χ1v) is 6.36. The van der Waals surface area contributed by atoms with Crippen molar-refractivity contribution in [3.8, 4) is 5.75 Å². The van der Waals surface area contributed by atoms with Crippen molar-refractivity contribution in [1.29, 1.82) is 0 Å². The van der Waals surface area contributed by atoms with Gasteiger partial charge in [-0.3, -0.25) is 0 Å². The molecule has 0 bridgehead atoms. The van der Waals surface area contributed by atoms with Crippen LogP contribution in [0.2, 0.25) is 0 Å². The van der Waals surface area contributed by atoms with Crippen LogP contribution in [-0.4, -0.2) is 32.4 Å². The van der Waals surface area contributed by atoms with Gasteiger partial charge in [-0.2, -0.15) is 0 Å². The molecule has 1 fully saturated rings. The van der Waals surface area contributed by atoms with Crippen molar-refractivity contribution in [3.63, 3.8) is 0 Å². The maximum Gasteiger partial charge on any atom is 0.119 e. The quantitative estimate of drug-likeness (QED) is 0.793. The summed E-state index contributed by atoms with van der Waals surface area (Å²) >= 11 is 0. The fourth-order valence-corrected chi connectivity index (χ4v) is 2.11. The number of nitrogens with one attached hydrogen (secondary N) is 1. The van der Waals surface area contributed by atoms with Crippen molar-refractivity contribution < 1.29 is 9.47 Å². The Bertz CT molecular complexity index is 315. The van der Waals surface area contributed by atoms with Gasteiger partial charge in [0, 0.05) is 6.54 Å². The molecule has 1 aliphatic heterocycles. The van der Waals surface area contributed by atoms with Gasteiger partial charge in [0.2, 0.25) is 0 Å². The lowest BCUT2D eigenvalue weighted by molar-refractivity contribution is -0.0113. The van der Waals surface area contributed by atoms with Gasteiger partial charge in [-0.05, 0) is 31.0 Å². The van der Waals surface area contributed by atoms with E-state index in [2.05, 4.69) is 12.2 Å². The van der Waals surface area contributed by atoms with Crippen LogP contribution < -0.4 is 10.1 Å². The second-order valence-electron chi connectivity index (χ2n) is 4.54. The van der Waals surface area contributed by atoms with Crippen molar-refractivity contribution in [2.45, 2.75) is 19.4 Å². The lowest BCUT2D eigenvalue weighted by Gasteiger charge is -2.29. The summed E-state index contributed by atoms with van der Waals surface area (Å²) in [5.74, 6) is 1.51. The normalized spacial score (nSPS) is 24.5. The summed E-state index contributed by atoms with van der Waals surface area (Å²) in [6.45, 7) is 5.65. The van der Waals surface area contributed by atoms with E-state index in [9.17, 15) is 0 Å². The second kappa shape index (κ2) is 6.62. The molecule has 0 amide bonds. The second-order valence-corrected chi connectivity index (χ2v) is 4.54. The van der Waals surface area contributed by atoms with Crippen LogP contribution >= 0.6 is 0 Å². The van der Waals surface area contributed by atoms with Gasteiger partial charge < -0.3 is 14.8 Å². The van der Waals surface area contributed by atoms with Gasteiger partial charge in [0.25, 0.3) is 0 Å². The van der Waals surface area contributed by atoms with Crippen LogP contribution in [0.4, 0.5) is 0 Å². The topological polar surface area (TPSA) is 30.5 Å². The van der Waals surface area contributed by atoms with E-state index in [-0.39, 0.29) is 0 Å². The van der Waals surface area contributed by atoms with Gasteiger partial charge in [0.1, 0.15) is 12.4 Å². The molecule has 1 aliphatic rings. The molecule has 0 aliphatic carbocycles. The zero-order valence-electron chi connectivity index (χ0n) is 10.4. The van der Waals surface area contributed by atoms with Crippen molar-refractivity contribution >= 4 is 0 Å². The Morgan fingerprint density at radius 2 is 2.06 bits per heavy atom. The summed E-state index contributed by atoms with van der Waals surface area (Å²) in [4.78, 5) is 0. The highest BCUT2D eigenvalue weighted by Crippen LogP contribution is 2.14. The van der Waals surface area contributed by atoms with E-state index in [1.54, 1.807) is 0 Å². The average molecular weight is 235 g/mol. The zero-order chi connectivity index (χ0) is 11.9. The molecule has 17 heavy (non-hydrogen) atoms. The Morgan fingerprint density at radius 1 is 1.24 bits per heavy atom. The Balaban J connectivity index is 1.63. The highest BCUT2D eigenvalue weighted by atomic mass is 16.5. The minimum absolute atomic E-state index is 0.385. The van der Waals surface area contributed by atoms with Crippen LogP contribution in [0.25, 0.3) is 0 Å². The van der Waals surface area contributed by atoms with Gasteiger partial charge in [0.05, 0.1) is 12.7 Å². The Labute approximate surface area is 103 Å². The number of ether oxygens (including phenoxy) is 2. The summed E-state index contributed by atoms with van der Waals surface area (Å²) < 4.78 is 11.4. The summed E-state index contributed by atoms with van der Waals surface area (Å²) in [5, 5.41) is 3.37. The summed E-state index contributed by atoms with van der Waals surface area (Å²) in [5.41, 5.74) is 0. The summed E-state index contributed by atoms with van der Waals surface area (Å²) in [7, 11) is 0. The first-order valence-electron chi connectivity index (χ1n) is 6.36. The van der Waals surface area contributed by atoms with Gasteiger partial charge in [-0.1, -0.05) is 25.1 Å². The largest absolute Gasteiger partial charge is 0.491 e. The smallest absolute Gasteiger partial charge is 0.119 e. The molecule has 1 heterocycles. The average Bonchev–Trinajstić information content (AvgIpc) is 2.38. The van der Waals surface area contributed by atoms with E-state index >= 15 is 0 Å². The lowest BCUT2D eigenvalue weighted by Crippen LogP contribution is -2.40. The predicted molar refractivity (Wildman–Crippen MR) is 68.3 cm³/mol. The molecular weight excluding hydrogens is 214 g/mol. The molecule has 1 aromatic carbocycles. The van der Waals surface area contributed by atoms with E-state index in [1.165, 1.54) is 0 Å². The molecule has 1 N–H and O–H groups in total. The fraction of sp³-hybridized carbons (Fsp3) is 0.571. The fourth-order valence-electron chi connectivity index (χ4n) is 2.11. The molecule has 0 saturated carbocycles. The zero-order valence-corrected chi connectivity index (χ0v) is 10.4. The molecule has 0 aromatic heterocycles. The number of benzene rings is 1. The summed E-state index contributed by atoms with van der Waals surface area (Å²) in [6.07, 6.45) is 1.49. The molecule has 1 aromatic rings. The van der Waals surface area contributed by atoms with Crippen molar-refractivity contribution in [2.75, 3.05) is 26.3 Å². The maximum atomic E-state index is 5.85. The monoisotopic (exact) mass is 235 g/mol. The third-order valence-electron chi connectivity index (χ3n) is 3.13. The third kappa shape index (κ3) is 4.02. The van der Waals surface area contributed by atoms with E-state index in [4.69, 9.17) is 9.47 Å². The van der Waals surface area contributed by atoms with E-state index in [0.717, 1.165) is 25.3 Å². The first-order chi connectivity index (χ1) is 8.36. The lowest BCUT2D eigenvalue weighted by atomic mass is 9.98. The van der Waals surface area contributed by atoms with Gasteiger partial charge in [0.15, 0.2) is 0 Å². The van der Waals surface area contributed by atoms with Gasteiger partial charge in [-0.15, -0.1) is 0 Å². The van der Waals surface area contributed by atoms with Crippen molar-refractivity contribution in [2.24, 2.45) is 5.92 Å². The number of rotatable bonds is 5. The Morgan fingerprint density at radius 3 is 2.82 bits per heavy atom. The number of piperidine rings is 1. The van der Waals surface area contributed by atoms with Gasteiger partial charge >= 0.3 is 0 Å². The van der Waals surface area contributed by atoms with Crippen molar-refractivity contribution in [1.82, 2.24) is 5.32 Å². The number of para-hydroxylation sites is 1. The van der Waals surface area contributed by atoms with E-state index in [0.29, 0.717) is 25.2 Å². The highest BCUT2D eigenvalue weighted by molar-refractivity contribution is 5.20. The van der Waals surface area contributed by atoms with Crippen LogP contribution in [0.3, 0.4) is 0 Å². The van der Waals surface area contributed by atoms with Gasteiger partial charge in [-0.25, -0.2) is 0 Å². The Hall–Kier alpha value is -1.06. The molecule has 94 valence electrons. The van der Waals surface area contributed by atoms with Crippen LogP contribution in [-0.2, 0) is 4.74 Å². The molecule has 3 nitrogen and oxygen atoms in total. The number of hydrogen-bond donors (Lipinski definition) is 1. The maximum absolute atomic E-state index is 5.85. The van der Waals surface area contributed by atoms with E-state index < -0.39 is 0 Å². The van der Waals surface area contributed by atoms with Crippen molar-refractivity contribution in [3.05, 3.63) is 30.3 Å².